The number of hydrogen-bond acceptors (Lipinski definition) is 3. The molecule has 3 aromatic heterocycles. The van der Waals surface area contributed by atoms with Crippen molar-refractivity contribution in [3.05, 3.63) is 47.6 Å². The molecule has 6 heteroatoms. The molecule has 1 aromatic carbocycles. The van der Waals surface area contributed by atoms with E-state index in [0.29, 0.717) is 5.65 Å². The Bertz CT molecular complexity index is 937. The molecule has 0 amide bonds. The van der Waals surface area contributed by atoms with E-state index in [4.69, 9.17) is 11.6 Å². The summed E-state index contributed by atoms with van der Waals surface area (Å²) in [5.74, 6) is 0.719. The minimum atomic E-state index is 0.191. The predicted octanol–water partition coefficient (Wildman–Crippen LogP) is 3.26. The summed E-state index contributed by atoms with van der Waals surface area (Å²) in [5, 5.41) is 1.35. The normalized spacial score (nSPS) is 11.5. The second-order valence-electron chi connectivity index (χ2n) is 4.60. The molecule has 0 fully saturated rings. The van der Waals surface area contributed by atoms with Gasteiger partial charge in [-0.1, -0.05) is 18.2 Å². The Morgan fingerprint density at radius 2 is 2.05 bits per heavy atom. The van der Waals surface area contributed by atoms with E-state index >= 15 is 0 Å². The van der Waals surface area contributed by atoms with Gasteiger partial charge in [0.1, 0.15) is 5.52 Å². The maximum atomic E-state index is 6.01. The second-order valence-corrected chi connectivity index (χ2v) is 4.94. The number of hydrogen-bond donors (Lipinski definition) is 1. The minimum Gasteiger partial charge on any atom is -0.340 e. The summed E-state index contributed by atoms with van der Waals surface area (Å²) >= 11 is 6.01. The van der Waals surface area contributed by atoms with Gasteiger partial charge in [0, 0.05) is 11.1 Å². The van der Waals surface area contributed by atoms with Crippen LogP contribution in [0.15, 0.2) is 36.7 Å². The summed E-state index contributed by atoms with van der Waals surface area (Å²) in [6.45, 7) is 2.04. The molecule has 0 aliphatic heterocycles. The Hall–Kier alpha value is -2.40. The highest BCUT2D eigenvalue weighted by atomic mass is 35.5. The zero-order chi connectivity index (χ0) is 13.7. The Balaban J connectivity index is 2.16. The number of imidazole rings is 1. The fraction of sp³-hybridized carbons (Fsp3) is 0.0714. The lowest BCUT2D eigenvalue weighted by Gasteiger charge is -2.08. The van der Waals surface area contributed by atoms with Crippen LogP contribution in [0.5, 0.6) is 0 Å². The van der Waals surface area contributed by atoms with Crippen molar-refractivity contribution in [1.29, 1.82) is 0 Å². The third-order valence-corrected chi connectivity index (χ3v) is 3.51. The van der Waals surface area contributed by atoms with E-state index in [1.165, 1.54) is 0 Å². The lowest BCUT2D eigenvalue weighted by Crippen LogP contribution is -2.02. The topological polar surface area (TPSA) is 59.4 Å². The summed E-state index contributed by atoms with van der Waals surface area (Å²) in [6, 6.07) is 10.3. The number of fused-ring (bicyclic) bond motifs is 2. The molecule has 0 atom stereocenters. The summed E-state index contributed by atoms with van der Waals surface area (Å²) in [5.41, 5.74) is 3.50. The molecule has 1 N–H and O–H groups in total. The van der Waals surface area contributed by atoms with Gasteiger partial charge < -0.3 is 4.98 Å². The third-order valence-electron chi connectivity index (χ3n) is 3.35. The first-order chi connectivity index (χ1) is 9.74. The van der Waals surface area contributed by atoms with Crippen molar-refractivity contribution in [2.45, 2.75) is 6.92 Å². The average molecular weight is 284 g/mol. The van der Waals surface area contributed by atoms with Crippen LogP contribution in [0.3, 0.4) is 0 Å². The molecule has 98 valence electrons. The first-order valence-electron chi connectivity index (χ1n) is 6.18. The predicted molar refractivity (Wildman–Crippen MR) is 78.3 cm³/mol. The first kappa shape index (κ1) is 11.4. The van der Waals surface area contributed by atoms with Crippen molar-refractivity contribution >= 4 is 33.7 Å². The van der Waals surface area contributed by atoms with Crippen molar-refractivity contribution in [2.75, 3.05) is 0 Å². The monoisotopic (exact) mass is 283 g/mol. The molecule has 3 heterocycles. The molecule has 0 radical (unpaired) electrons. The number of halogens is 1. The molecule has 20 heavy (non-hydrogen) atoms. The lowest BCUT2D eigenvalue weighted by molar-refractivity contribution is 0.988. The van der Waals surface area contributed by atoms with Crippen LogP contribution in [0.2, 0.25) is 5.28 Å². The largest absolute Gasteiger partial charge is 0.340 e. The van der Waals surface area contributed by atoms with Gasteiger partial charge in [0.2, 0.25) is 5.28 Å². The van der Waals surface area contributed by atoms with E-state index in [1.54, 1.807) is 6.33 Å². The summed E-state index contributed by atoms with van der Waals surface area (Å²) in [4.78, 5) is 15.7. The van der Waals surface area contributed by atoms with E-state index in [-0.39, 0.29) is 5.28 Å². The Morgan fingerprint density at radius 3 is 2.95 bits per heavy atom. The Kier molecular flexibility index (Phi) is 2.31. The van der Waals surface area contributed by atoms with E-state index < -0.39 is 0 Å². The van der Waals surface area contributed by atoms with E-state index in [9.17, 15) is 0 Å². The van der Waals surface area contributed by atoms with Gasteiger partial charge in [-0.2, -0.15) is 9.97 Å². The highest BCUT2D eigenvalue weighted by molar-refractivity contribution is 6.28. The number of nitrogens with one attached hydrogen (secondary N) is 1. The number of aromatic nitrogens is 5. The summed E-state index contributed by atoms with van der Waals surface area (Å²) in [7, 11) is 0. The van der Waals surface area contributed by atoms with Crippen molar-refractivity contribution in [3.8, 4) is 5.82 Å². The van der Waals surface area contributed by atoms with Crippen LogP contribution < -0.4 is 0 Å². The minimum absolute atomic E-state index is 0.191. The van der Waals surface area contributed by atoms with E-state index in [2.05, 4.69) is 42.7 Å². The smallest absolute Gasteiger partial charge is 0.226 e. The molecule has 5 nitrogen and oxygen atoms in total. The molecule has 0 unspecified atom stereocenters. The molecule has 0 saturated heterocycles. The molecule has 0 aliphatic carbocycles. The Labute approximate surface area is 119 Å². The maximum Gasteiger partial charge on any atom is 0.226 e. The van der Waals surface area contributed by atoms with Gasteiger partial charge in [0.15, 0.2) is 11.5 Å². The van der Waals surface area contributed by atoms with Gasteiger partial charge in [-0.25, -0.2) is 4.98 Å². The number of rotatable bonds is 1. The summed E-state index contributed by atoms with van der Waals surface area (Å²) in [6.07, 6.45) is 1.60. The number of para-hydroxylation sites is 1. The highest BCUT2D eigenvalue weighted by Gasteiger charge is 2.14. The standard InChI is InChI=1S/C14H10ClN5/c1-8-6-9-4-2-3-5-10(9)20(8)13-11-12(17-7-16-11)18-14(15)19-13/h2-7H,1H3,(H,16,17,18,19). The van der Waals surface area contributed by atoms with Crippen molar-refractivity contribution in [3.63, 3.8) is 0 Å². The number of nitrogens with zero attached hydrogens (tertiary/aromatic N) is 4. The number of H-pyrrole nitrogens is 1. The number of aromatic amines is 1. The van der Waals surface area contributed by atoms with Crippen molar-refractivity contribution in [1.82, 2.24) is 24.5 Å². The van der Waals surface area contributed by atoms with Gasteiger partial charge >= 0.3 is 0 Å². The molecular weight excluding hydrogens is 274 g/mol. The van der Waals surface area contributed by atoms with E-state index in [1.807, 2.05) is 19.1 Å². The van der Waals surface area contributed by atoms with Crippen LogP contribution >= 0.6 is 11.6 Å². The summed E-state index contributed by atoms with van der Waals surface area (Å²) < 4.78 is 2.06. The number of benzene rings is 1. The molecule has 0 saturated carbocycles. The van der Waals surface area contributed by atoms with Gasteiger partial charge in [0.05, 0.1) is 11.8 Å². The van der Waals surface area contributed by atoms with Crippen LogP contribution in [0.25, 0.3) is 27.9 Å². The second kappa shape index (κ2) is 4.05. The van der Waals surface area contributed by atoms with Crippen molar-refractivity contribution < 1.29 is 0 Å². The van der Waals surface area contributed by atoms with Crippen LogP contribution in [-0.2, 0) is 0 Å². The molecule has 0 aliphatic rings. The maximum absolute atomic E-state index is 6.01. The number of aryl methyl sites for hydroxylation is 1. The van der Waals surface area contributed by atoms with Crippen LogP contribution in [-0.4, -0.2) is 24.5 Å². The zero-order valence-corrected chi connectivity index (χ0v) is 11.4. The zero-order valence-electron chi connectivity index (χ0n) is 10.6. The van der Waals surface area contributed by atoms with E-state index in [0.717, 1.165) is 27.9 Å². The SMILES string of the molecule is Cc1cc2ccccc2n1-c1nc(Cl)nc2nc[nH]c12. The fourth-order valence-electron chi connectivity index (χ4n) is 2.53. The molecule has 4 rings (SSSR count). The third kappa shape index (κ3) is 1.53. The highest BCUT2D eigenvalue weighted by Crippen LogP contribution is 2.26. The average Bonchev–Trinajstić information content (AvgIpc) is 3.00. The van der Waals surface area contributed by atoms with Crippen LogP contribution in [0, 0.1) is 6.92 Å². The van der Waals surface area contributed by atoms with Gasteiger partial charge in [-0.15, -0.1) is 0 Å². The Morgan fingerprint density at radius 1 is 1.20 bits per heavy atom. The van der Waals surface area contributed by atoms with Crippen molar-refractivity contribution in [2.24, 2.45) is 0 Å². The molecule has 0 bridgehead atoms. The van der Waals surface area contributed by atoms with Crippen LogP contribution in [0.1, 0.15) is 5.69 Å². The molecule has 0 spiro atoms. The quantitative estimate of drug-likeness (QED) is 0.546. The lowest BCUT2D eigenvalue weighted by atomic mass is 10.2. The molecule has 4 aromatic rings. The first-order valence-corrected chi connectivity index (χ1v) is 6.56. The van der Waals surface area contributed by atoms with Gasteiger partial charge in [-0.05, 0) is 30.7 Å². The van der Waals surface area contributed by atoms with Gasteiger partial charge in [-0.3, -0.25) is 4.57 Å². The van der Waals surface area contributed by atoms with Crippen LogP contribution in [0.4, 0.5) is 0 Å². The fourth-order valence-corrected chi connectivity index (χ4v) is 2.69. The molecular formula is C14H10ClN5. The van der Waals surface area contributed by atoms with Gasteiger partial charge in [0.25, 0.3) is 0 Å².